The zero-order valence-corrected chi connectivity index (χ0v) is 10.3. The van der Waals surface area contributed by atoms with Crippen LogP contribution in [-0.2, 0) is 9.53 Å². The Morgan fingerprint density at radius 2 is 1.94 bits per heavy atom. The molecule has 0 aromatic heterocycles. The number of carbonyl (C=O) groups excluding carboxylic acids is 1. The molecule has 3 unspecified atom stereocenters. The highest BCUT2D eigenvalue weighted by atomic mass is 16.5. The molecule has 0 aliphatic heterocycles. The Labute approximate surface area is 101 Å². The molecule has 0 amide bonds. The monoisotopic (exact) mass is 242 g/mol. The molecule has 0 heterocycles. The lowest BCUT2D eigenvalue weighted by atomic mass is 9.92. The maximum atomic E-state index is 11.8. The van der Waals surface area contributed by atoms with Gasteiger partial charge in [-0.1, -0.05) is 11.8 Å². The summed E-state index contributed by atoms with van der Waals surface area (Å²) in [6.07, 6.45) is -0.228. The Kier molecular flexibility index (Phi) is 4.49. The Morgan fingerprint density at radius 1 is 1.41 bits per heavy atom. The predicted octanol–water partition coefficient (Wildman–Crippen LogP) is 0.935. The van der Waals surface area contributed by atoms with Crippen LogP contribution in [0.25, 0.3) is 4.85 Å². The lowest BCUT2D eigenvalue weighted by molar-refractivity contribution is -0.159. The van der Waals surface area contributed by atoms with Gasteiger partial charge in [-0.05, 0) is 6.42 Å². The molecule has 0 aromatic carbocycles. The molecule has 0 aromatic rings. The number of esters is 1. The summed E-state index contributed by atoms with van der Waals surface area (Å²) in [6.45, 7) is 8.60. The van der Waals surface area contributed by atoms with E-state index in [1.807, 2.05) is 0 Å². The summed E-state index contributed by atoms with van der Waals surface area (Å²) in [5, 5.41) is 19.0. The average molecular weight is 242 g/mol. The van der Waals surface area contributed by atoms with E-state index in [0.29, 0.717) is 25.7 Å². The number of aliphatic hydroxyl groups is 2. The van der Waals surface area contributed by atoms with E-state index in [4.69, 9.17) is 11.3 Å². The van der Waals surface area contributed by atoms with E-state index in [0.717, 1.165) is 0 Å². The topological polar surface area (TPSA) is 71.1 Å². The van der Waals surface area contributed by atoms with Crippen LogP contribution < -0.4 is 0 Å². The molecule has 1 rings (SSSR count). The summed E-state index contributed by atoms with van der Waals surface area (Å²) in [4.78, 5) is 15.4. The number of rotatable bonds is 3. The summed E-state index contributed by atoms with van der Waals surface area (Å²) in [6, 6.07) is 0. The minimum atomic E-state index is -1.05. The van der Waals surface area contributed by atoms with Gasteiger partial charge in [0.05, 0.1) is 12.2 Å². The largest absolute Gasteiger partial charge is 0.456 e. The van der Waals surface area contributed by atoms with Gasteiger partial charge in [0.1, 0.15) is 6.10 Å². The van der Waals surface area contributed by atoms with Crippen molar-refractivity contribution in [3.63, 3.8) is 0 Å². The van der Waals surface area contributed by atoms with Crippen LogP contribution in [0.15, 0.2) is 0 Å². The van der Waals surface area contributed by atoms with E-state index in [2.05, 4.69) is 4.85 Å². The third-order valence-electron chi connectivity index (χ3n) is 3.30. The van der Waals surface area contributed by atoms with E-state index in [9.17, 15) is 15.0 Å². The molecule has 17 heavy (non-hydrogen) atoms. The smallest absolute Gasteiger partial charge is 0.398 e. The first-order valence-corrected chi connectivity index (χ1v) is 5.90. The van der Waals surface area contributed by atoms with Crippen molar-refractivity contribution in [1.82, 2.24) is 0 Å². The van der Waals surface area contributed by atoms with E-state index in [1.54, 1.807) is 13.8 Å². The van der Waals surface area contributed by atoms with Gasteiger partial charge in [0.25, 0.3) is 6.57 Å². The van der Waals surface area contributed by atoms with Crippen molar-refractivity contribution in [2.45, 2.75) is 63.4 Å². The molecule has 3 atom stereocenters. The number of aliphatic hydroxyl groups excluding tert-OH is 2. The van der Waals surface area contributed by atoms with Gasteiger partial charge in [0.2, 0.25) is 0 Å². The lowest BCUT2D eigenvalue weighted by Gasteiger charge is -2.29. The summed E-state index contributed by atoms with van der Waals surface area (Å²) < 4.78 is 5.25. The second-order valence-electron chi connectivity index (χ2n) is 4.80. The van der Waals surface area contributed by atoms with Gasteiger partial charge in [-0.3, -0.25) is 0 Å². The molecule has 96 valence electrons. The highest BCUT2D eigenvalue weighted by Gasteiger charge is 2.45. The summed E-state index contributed by atoms with van der Waals surface area (Å²) in [7, 11) is 0. The Balaban J connectivity index is 2.60. The van der Waals surface area contributed by atoms with Gasteiger partial charge in [-0.25, -0.2) is 4.79 Å². The van der Waals surface area contributed by atoms with Crippen LogP contribution in [0.1, 0.15) is 39.5 Å². The molecule has 1 aliphatic carbocycles. The first-order chi connectivity index (χ1) is 7.91. The Bertz CT molecular complexity index is 315. The van der Waals surface area contributed by atoms with Crippen molar-refractivity contribution in [3.8, 4) is 6.57 Å². The van der Waals surface area contributed by atoms with Crippen molar-refractivity contribution >= 4 is 5.97 Å². The van der Waals surface area contributed by atoms with E-state index < -0.39 is 29.8 Å². The summed E-state index contributed by atoms with van der Waals surface area (Å²) in [5.74, 6) is -0.506. The maximum absolute atomic E-state index is 11.8. The van der Waals surface area contributed by atoms with Gasteiger partial charge < -0.3 is 14.9 Å². The third kappa shape index (κ3) is 3.42. The molecule has 0 bridgehead atoms. The number of nitrogens with zero attached hydrogens (tertiary/aromatic N) is 1. The number of hydrogen-bond acceptors (Lipinski definition) is 4. The standard InChI is InChI=1S/C12H20NO4/c1-4-12(2,13-3)11(16)17-10-6-8(14)5-9(15)7-10/h3,8-10,14-15H,4-7H2,1-2H3/q+1. The Hall–Kier alpha value is -1.12. The summed E-state index contributed by atoms with van der Waals surface area (Å²) >= 11 is 0. The first kappa shape index (κ1) is 13.9. The molecule has 0 saturated heterocycles. The van der Waals surface area contributed by atoms with Gasteiger partial charge in [-0.15, -0.1) is 0 Å². The highest BCUT2D eigenvalue weighted by molar-refractivity contribution is 5.82. The van der Waals surface area contributed by atoms with Crippen LogP contribution in [0.5, 0.6) is 0 Å². The molecule has 2 N–H and O–H groups in total. The molecular weight excluding hydrogens is 222 g/mol. The fraction of sp³-hybridized carbons (Fsp3) is 0.833. The fourth-order valence-electron chi connectivity index (χ4n) is 1.87. The van der Waals surface area contributed by atoms with Crippen molar-refractivity contribution in [3.05, 3.63) is 4.85 Å². The average Bonchev–Trinajstić information content (AvgIpc) is 2.26. The lowest BCUT2D eigenvalue weighted by Crippen LogP contribution is -2.40. The Morgan fingerprint density at radius 3 is 2.35 bits per heavy atom. The quantitative estimate of drug-likeness (QED) is 0.722. The van der Waals surface area contributed by atoms with Crippen LogP contribution in [0.2, 0.25) is 0 Å². The molecule has 1 saturated carbocycles. The molecule has 0 radical (unpaired) electrons. The second-order valence-corrected chi connectivity index (χ2v) is 4.80. The van der Waals surface area contributed by atoms with E-state index in [1.165, 1.54) is 0 Å². The van der Waals surface area contributed by atoms with Crippen molar-refractivity contribution in [2.75, 3.05) is 0 Å². The molecule has 5 nitrogen and oxygen atoms in total. The van der Waals surface area contributed by atoms with Crippen molar-refractivity contribution in [1.29, 1.82) is 0 Å². The molecule has 0 spiro atoms. The van der Waals surface area contributed by atoms with Gasteiger partial charge in [-0.2, -0.15) is 0 Å². The van der Waals surface area contributed by atoms with Crippen molar-refractivity contribution < 1.29 is 19.7 Å². The maximum Gasteiger partial charge on any atom is 0.398 e. The molecule has 5 heteroatoms. The van der Waals surface area contributed by atoms with Crippen LogP contribution in [0.4, 0.5) is 0 Å². The van der Waals surface area contributed by atoms with Crippen molar-refractivity contribution in [2.24, 2.45) is 0 Å². The highest BCUT2D eigenvalue weighted by Crippen LogP contribution is 2.25. The van der Waals surface area contributed by atoms with Crippen LogP contribution >= 0.6 is 0 Å². The minimum absolute atomic E-state index is 0.334. The summed E-state index contributed by atoms with van der Waals surface area (Å²) in [5.41, 5.74) is -1.05. The van der Waals surface area contributed by atoms with Crippen LogP contribution in [-0.4, -0.2) is 40.0 Å². The van der Waals surface area contributed by atoms with E-state index in [-0.39, 0.29) is 0 Å². The SMILES string of the molecule is C#[N+]C(C)(CC)C(=O)OC1CC(O)CC(O)C1. The third-order valence-corrected chi connectivity index (χ3v) is 3.30. The van der Waals surface area contributed by atoms with Crippen LogP contribution in [0, 0.1) is 6.57 Å². The van der Waals surface area contributed by atoms with Gasteiger partial charge in [0.15, 0.2) is 0 Å². The number of ether oxygens (including phenoxy) is 1. The molecule has 1 aliphatic rings. The fourth-order valence-corrected chi connectivity index (χ4v) is 1.87. The zero-order chi connectivity index (χ0) is 13.1. The van der Waals surface area contributed by atoms with Crippen LogP contribution in [0.3, 0.4) is 0 Å². The zero-order valence-electron chi connectivity index (χ0n) is 10.3. The predicted molar refractivity (Wildman–Crippen MR) is 62.7 cm³/mol. The van der Waals surface area contributed by atoms with Gasteiger partial charge in [0, 0.05) is 26.2 Å². The molecular formula is C12H20NO4+. The van der Waals surface area contributed by atoms with Gasteiger partial charge >= 0.3 is 11.5 Å². The first-order valence-electron chi connectivity index (χ1n) is 5.90. The minimum Gasteiger partial charge on any atom is -0.456 e. The second kappa shape index (κ2) is 5.48. The molecule has 1 fully saturated rings. The number of hydrogen-bond donors (Lipinski definition) is 2. The van der Waals surface area contributed by atoms with E-state index >= 15 is 0 Å². The number of carbonyl (C=O) groups is 1. The normalized spacial score (nSPS) is 32.3.